The Morgan fingerprint density at radius 3 is 2.41 bits per heavy atom. The van der Waals surface area contributed by atoms with Crippen molar-refractivity contribution in [3.05, 3.63) is 59.7 Å². The fraction of sp³-hybridized carbons (Fsp3) is 0.200. The minimum Gasteiger partial charge on any atom is -0.497 e. The largest absolute Gasteiger partial charge is 0.497 e. The summed E-state index contributed by atoms with van der Waals surface area (Å²) in [6, 6.07) is 12.1. The van der Waals surface area contributed by atoms with Crippen LogP contribution in [0, 0.1) is 0 Å². The summed E-state index contributed by atoms with van der Waals surface area (Å²) in [5.74, 6) is -0.969. The van der Waals surface area contributed by atoms with Crippen LogP contribution in [0.4, 0.5) is 10.5 Å². The molecule has 1 unspecified atom stereocenters. The van der Waals surface area contributed by atoms with Gasteiger partial charge in [-0.05, 0) is 42.8 Å². The average molecular weight is 396 g/mol. The lowest BCUT2D eigenvalue weighted by atomic mass is 9.92. The molecule has 0 bridgehead atoms. The van der Waals surface area contributed by atoms with Crippen molar-refractivity contribution in [2.75, 3.05) is 12.4 Å². The third kappa shape index (κ3) is 3.88. The number of hydrogen-bond donors (Lipinski definition) is 3. The van der Waals surface area contributed by atoms with Crippen LogP contribution < -0.4 is 20.8 Å². The quantitative estimate of drug-likeness (QED) is 0.666. The van der Waals surface area contributed by atoms with Crippen molar-refractivity contribution in [2.24, 2.45) is 0 Å². The van der Waals surface area contributed by atoms with Gasteiger partial charge in [0.1, 0.15) is 11.3 Å². The number of imide groups is 1. The van der Waals surface area contributed by atoms with Crippen LogP contribution in [-0.4, -0.2) is 35.9 Å². The third-order valence-electron chi connectivity index (χ3n) is 4.52. The fourth-order valence-corrected chi connectivity index (χ4v) is 2.97. The van der Waals surface area contributed by atoms with Crippen molar-refractivity contribution in [3.63, 3.8) is 0 Å². The number of ether oxygens (including phenoxy) is 1. The molecule has 1 aliphatic rings. The maximum atomic E-state index is 12.9. The molecule has 0 aromatic heterocycles. The van der Waals surface area contributed by atoms with E-state index in [1.807, 2.05) is 0 Å². The Hall–Kier alpha value is -3.88. The lowest BCUT2D eigenvalue weighted by Crippen LogP contribution is -2.47. The minimum atomic E-state index is -1.34. The van der Waals surface area contributed by atoms with E-state index >= 15 is 0 Å². The van der Waals surface area contributed by atoms with Crippen LogP contribution in [-0.2, 0) is 15.1 Å². The van der Waals surface area contributed by atoms with Gasteiger partial charge in [0.05, 0.1) is 7.11 Å². The van der Waals surface area contributed by atoms with Crippen LogP contribution in [0.15, 0.2) is 48.5 Å². The van der Waals surface area contributed by atoms with E-state index < -0.39 is 23.4 Å². The number of hydrazine groups is 1. The minimum absolute atomic E-state index is 0.176. The molecule has 3 rings (SSSR count). The van der Waals surface area contributed by atoms with E-state index in [1.165, 1.54) is 26.2 Å². The summed E-state index contributed by atoms with van der Waals surface area (Å²) >= 11 is 0. The smallest absolute Gasteiger partial charge is 0.344 e. The number of nitrogens with one attached hydrogen (secondary N) is 3. The Bertz CT molecular complexity index is 989. The molecule has 9 heteroatoms. The summed E-state index contributed by atoms with van der Waals surface area (Å²) < 4.78 is 5.10. The van der Waals surface area contributed by atoms with Gasteiger partial charge in [-0.3, -0.25) is 19.8 Å². The summed E-state index contributed by atoms with van der Waals surface area (Å²) in [7, 11) is 1.53. The van der Waals surface area contributed by atoms with E-state index in [0.29, 0.717) is 22.0 Å². The van der Waals surface area contributed by atoms with Crippen LogP contribution >= 0.6 is 0 Å². The van der Waals surface area contributed by atoms with Gasteiger partial charge in [-0.2, -0.15) is 5.01 Å². The van der Waals surface area contributed by atoms with Crippen molar-refractivity contribution in [1.29, 1.82) is 0 Å². The number of anilines is 1. The van der Waals surface area contributed by atoms with E-state index in [9.17, 15) is 19.2 Å². The molecule has 0 aliphatic carbocycles. The van der Waals surface area contributed by atoms with Crippen LogP contribution in [0.2, 0.25) is 0 Å². The molecule has 1 atom stereocenters. The lowest BCUT2D eigenvalue weighted by molar-refractivity contribution is -0.132. The first-order chi connectivity index (χ1) is 13.7. The Balaban J connectivity index is 1.79. The van der Waals surface area contributed by atoms with Gasteiger partial charge >= 0.3 is 6.03 Å². The van der Waals surface area contributed by atoms with Gasteiger partial charge in [-0.1, -0.05) is 18.2 Å². The van der Waals surface area contributed by atoms with E-state index in [0.717, 1.165) is 0 Å². The number of amides is 5. The molecule has 3 N–H and O–H groups in total. The van der Waals surface area contributed by atoms with Gasteiger partial charge in [-0.25, -0.2) is 4.79 Å². The number of rotatable bonds is 5. The van der Waals surface area contributed by atoms with Crippen LogP contribution in [0.3, 0.4) is 0 Å². The zero-order valence-corrected chi connectivity index (χ0v) is 16.1. The maximum Gasteiger partial charge on any atom is 0.344 e. The van der Waals surface area contributed by atoms with Crippen molar-refractivity contribution in [2.45, 2.75) is 19.4 Å². The van der Waals surface area contributed by atoms with E-state index in [-0.39, 0.29) is 11.5 Å². The molecule has 150 valence electrons. The highest BCUT2D eigenvalue weighted by Crippen LogP contribution is 2.29. The van der Waals surface area contributed by atoms with Crippen molar-refractivity contribution < 1.29 is 23.9 Å². The molecule has 0 radical (unpaired) electrons. The molecule has 9 nitrogen and oxygen atoms in total. The van der Waals surface area contributed by atoms with Crippen LogP contribution in [0.5, 0.6) is 5.75 Å². The molecule has 0 saturated carbocycles. The normalized spacial score (nSPS) is 18.2. The van der Waals surface area contributed by atoms with Crippen LogP contribution in [0.1, 0.15) is 29.8 Å². The van der Waals surface area contributed by atoms with E-state index in [1.54, 1.807) is 43.3 Å². The average Bonchev–Trinajstić information content (AvgIpc) is 2.91. The second kappa shape index (κ2) is 7.63. The number of hydrogen-bond acceptors (Lipinski definition) is 5. The predicted molar refractivity (Wildman–Crippen MR) is 104 cm³/mol. The molecule has 1 saturated heterocycles. The number of carbonyl (C=O) groups excluding carboxylic acids is 4. The topological polar surface area (TPSA) is 117 Å². The number of nitrogens with zero attached hydrogens (tertiary/aromatic N) is 1. The predicted octanol–water partition coefficient (Wildman–Crippen LogP) is 1.77. The molecule has 1 heterocycles. The standard InChI is InChI=1S/C20H20N4O5/c1-12(25)21-15-6-4-5-13(11-15)17(26)23-24-18(27)20(2,22-19(24)28)14-7-9-16(29-3)10-8-14/h4-11H,1-3H3,(H,21,25)(H,22,28)(H,23,26). The molecule has 2 aromatic rings. The molecule has 1 aliphatic heterocycles. The highest BCUT2D eigenvalue weighted by Gasteiger charge is 2.50. The Morgan fingerprint density at radius 2 is 1.79 bits per heavy atom. The van der Waals surface area contributed by atoms with E-state index in [2.05, 4.69) is 16.1 Å². The number of methoxy groups -OCH3 is 1. The summed E-state index contributed by atoms with van der Waals surface area (Å²) in [4.78, 5) is 49.0. The van der Waals surface area contributed by atoms with Crippen molar-refractivity contribution in [1.82, 2.24) is 15.8 Å². The summed E-state index contributed by atoms with van der Waals surface area (Å²) in [6.07, 6.45) is 0. The molecule has 1 fully saturated rings. The molecule has 5 amide bonds. The maximum absolute atomic E-state index is 12.9. The van der Waals surface area contributed by atoms with Gasteiger partial charge in [0, 0.05) is 18.2 Å². The number of benzene rings is 2. The molecule has 29 heavy (non-hydrogen) atoms. The SMILES string of the molecule is COc1ccc(C2(C)NC(=O)N(NC(=O)c3cccc(NC(C)=O)c3)C2=O)cc1. The van der Waals surface area contributed by atoms with Crippen molar-refractivity contribution >= 4 is 29.4 Å². The van der Waals surface area contributed by atoms with Gasteiger partial charge < -0.3 is 15.4 Å². The first-order valence-electron chi connectivity index (χ1n) is 8.74. The molecular weight excluding hydrogens is 376 g/mol. The Labute approximate surface area is 167 Å². The number of carbonyl (C=O) groups is 4. The third-order valence-corrected chi connectivity index (χ3v) is 4.52. The zero-order chi connectivity index (χ0) is 21.2. The summed E-state index contributed by atoms with van der Waals surface area (Å²) in [5, 5.41) is 5.82. The second-order valence-electron chi connectivity index (χ2n) is 6.63. The zero-order valence-electron chi connectivity index (χ0n) is 16.1. The van der Waals surface area contributed by atoms with Gasteiger partial charge in [-0.15, -0.1) is 0 Å². The first-order valence-corrected chi connectivity index (χ1v) is 8.74. The van der Waals surface area contributed by atoms with E-state index in [4.69, 9.17) is 4.74 Å². The van der Waals surface area contributed by atoms with Gasteiger partial charge in [0.15, 0.2) is 0 Å². The van der Waals surface area contributed by atoms with Gasteiger partial charge in [0.2, 0.25) is 5.91 Å². The summed E-state index contributed by atoms with van der Waals surface area (Å²) in [5.41, 5.74) is 2.12. The molecular formula is C20H20N4O5. The Kier molecular flexibility index (Phi) is 5.22. The highest BCUT2D eigenvalue weighted by molar-refractivity contribution is 6.09. The monoisotopic (exact) mass is 396 g/mol. The first kappa shape index (κ1) is 19.9. The fourth-order valence-electron chi connectivity index (χ4n) is 2.97. The highest BCUT2D eigenvalue weighted by atomic mass is 16.5. The summed E-state index contributed by atoms with van der Waals surface area (Å²) in [6.45, 7) is 2.90. The Morgan fingerprint density at radius 1 is 1.10 bits per heavy atom. The molecule has 2 aromatic carbocycles. The number of urea groups is 1. The lowest BCUT2D eigenvalue weighted by Gasteiger charge is -2.22. The van der Waals surface area contributed by atoms with Crippen molar-refractivity contribution in [3.8, 4) is 5.75 Å². The second-order valence-corrected chi connectivity index (χ2v) is 6.63. The van der Waals surface area contributed by atoms with Gasteiger partial charge in [0.25, 0.3) is 11.8 Å². The molecule has 0 spiro atoms. The van der Waals surface area contributed by atoms with Crippen LogP contribution in [0.25, 0.3) is 0 Å².